The van der Waals surface area contributed by atoms with Gasteiger partial charge in [0.05, 0.1) is 11.6 Å². The first-order valence-corrected chi connectivity index (χ1v) is 3.35. The minimum atomic E-state index is -0.914. The van der Waals surface area contributed by atoms with E-state index in [-0.39, 0.29) is 14.9 Å². The van der Waals surface area contributed by atoms with Gasteiger partial charge in [0.15, 0.2) is 8.46 Å². The third kappa shape index (κ3) is 4.10. The number of rotatable bonds is 3. The molecule has 0 rings (SSSR count). The smallest absolute Gasteiger partial charge is 0.304 e. The summed E-state index contributed by atoms with van der Waals surface area (Å²) in [5.74, 6) is -0.914. The van der Waals surface area contributed by atoms with Crippen LogP contribution < -0.4 is 0 Å². The molecule has 0 aliphatic rings. The number of hydrogen-bond acceptors (Lipinski definition) is 2. The number of carbonyl (C=O) groups is 1. The first-order valence-electron chi connectivity index (χ1n) is 2.54. The topological polar surface area (TPSA) is 54.4 Å². The largest absolute Gasteiger partial charge is 0.481 e. The SMILES string of the molecule is CC(C)(CC(=O)O)P=O. The van der Waals surface area contributed by atoms with Crippen LogP contribution in [-0.4, -0.2) is 16.2 Å². The molecule has 9 heavy (non-hydrogen) atoms. The zero-order chi connectivity index (χ0) is 7.49. The van der Waals surface area contributed by atoms with E-state index in [4.69, 9.17) is 5.11 Å². The molecule has 0 aromatic rings. The second kappa shape index (κ2) is 2.92. The normalized spacial score (nSPS) is 11.8. The lowest BCUT2D eigenvalue weighted by molar-refractivity contribution is -0.137. The summed E-state index contributed by atoms with van der Waals surface area (Å²) >= 11 is 0. The summed E-state index contributed by atoms with van der Waals surface area (Å²) in [5, 5.41) is 7.62. The fourth-order valence-corrected chi connectivity index (χ4v) is 0.602. The van der Waals surface area contributed by atoms with Gasteiger partial charge >= 0.3 is 5.97 Å². The highest BCUT2D eigenvalue weighted by Crippen LogP contribution is 2.24. The summed E-state index contributed by atoms with van der Waals surface area (Å²) in [5.41, 5.74) is 0. The van der Waals surface area contributed by atoms with Crippen LogP contribution in [0, 0.1) is 0 Å². The Balaban J connectivity index is 3.86. The Hall–Kier alpha value is -0.430. The molecule has 0 aliphatic heterocycles. The summed E-state index contributed by atoms with van der Waals surface area (Å²) in [4.78, 5) is 10.0. The molecule has 3 nitrogen and oxygen atoms in total. The van der Waals surface area contributed by atoms with Gasteiger partial charge in [0, 0.05) is 0 Å². The Morgan fingerprint density at radius 3 is 2.22 bits per heavy atom. The van der Waals surface area contributed by atoms with Gasteiger partial charge in [-0.15, -0.1) is 0 Å². The second-order valence-corrected chi connectivity index (χ2v) is 3.87. The molecule has 0 saturated carbocycles. The Morgan fingerprint density at radius 2 is 2.11 bits per heavy atom. The maximum atomic E-state index is 10.2. The van der Waals surface area contributed by atoms with Crippen LogP contribution in [0.3, 0.4) is 0 Å². The first-order chi connectivity index (χ1) is 3.98. The van der Waals surface area contributed by atoms with Gasteiger partial charge in [0.25, 0.3) is 0 Å². The van der Waals surface area contributed by atoms with Crippen molar-refractivity contribution in [3.05, 3.63) is 0 Å². The molecule has 0 bridgehead atoms. The van der Waals surface area contributed by atoms with Crippen molar-refractivity contribution in [2.75, 3.05) is 0 Å². The molecular weight excluding hydrogens is 139 g/mol. The molecule has 0 unspecified atom stereocenters. The predicted octanol–water partition coefficient (Wildman–Crippen LogP) is 1.53. The molecule has 0 heterocycles. The minimum Gasteiger partial charge on any atom is -0.481 e. The molecule has 52 valence electrons. The molecule has 0 amide bonds. The van der Waals surface area contributed by atoms with E-state index in [9.17, 15) is 9.36 Å². The summed E-state index contributed by atoms with van der Waals surface area (Å²) < 4.78 is 10.2. The maximum Gasteiger partial charge on any atom is 0.304 e. The molecule has 0 radical (unpaired) electrons. The second-order valence-electron chi connectivity index (χ2n) is 2.47. The van der Waals surface area contributed by atoms with Crippen molar-refractivity contribution in [3.63, 3.8) is 0 Å². The molecule has 0 spiro atoms. The summed E-state index contributed by atoms with van der Waals surface area (Å²) in [6.45, 7) is 3.27. The van der Waals surface area contributed by atoms with Crippen molar-refractivity contribution < 1.29 is 14.5 Å². The van der Waals surface area contributed by atoms with Crippen molar-refractivity contribution >= 4 is 14.4 Å². The average Bonchev–Trinajstić information content (AvgIpc) is 1.63. The third-order valence-electron chi connectivity index (χ3n) is 0.831. The van der Waals surface area contributed by atoms with Crippen LogP contribution in [0.5, 0.6) is 0 Å². The number of aliphatic carboxylic acids is 1. The lowest BCUT2D eigenvalue weighted by Crippen LogP contribution is -2.16. The molecule has 0 fully saturated rings. The van der Waals surface area contributed by atoms with Crippen LogP contribution in [-0.2, 0) is 9.36 Å². The van der Waals surface area contributed by atoms with Crippen molar-refractivity contribution in [3.8, 4) is 0 Å². The highest BCUT2D eigenvalue weighted by Gasteiger charge is 2.21. The van der Waals surface area contributed by atoms with Crippen LogP contribution in [0.15, 0.2) is 0 Å². The fraction of sp³-hybridized carbons (Fsp3) is 0.800. The van der Waals surface area contributed by atoms with E-state index >= 15 is 0 Å². The lowest BCUT2D eigenvalue weighted by Gasteiger charge is -2.09. The third-order valence-corrected chi connectivity index (χ3v) is 1.48. The number of hydrogen-bond donors (Lipinski definition) is 1. The van der Waals surface area contributed by atoms with Crippen molar-refractivity contribution in [2.24, 2.45) is 0 Å². The molecule has 0 aromatic heterocycles. The minimum absolute atomic E-state index is 0.0575. The molecule has 0 aliphatic carbocycles. The molecule has 0 saturated heterocycles. The van der Waals surface area contributed by atoms with E-state index in [1.54, 1.807) is 13.8 Å². The maximum absolute atomic E-state index is 10.2. The highest BCUT2D eigenvalue weighted by atomic mass is 31.1. The fourth-order valence-electron chi connectivity index (χ4n) is 0.402. The van der Waals surface area contributed by atoms with Gasteiger partial charge < -0.3 is 5.11 Å². The Morgan fingerprint density at radius 1 is 1.67 bits per heavy atom. The predicted molar refractivity (Wildman–Crippen MR) is 33.9 cm³/mol. The van der Waals surface area contributed by atoms with Gasteiger partial charge in [-0.05, 0) is 13.8 Å². The van der Waals surface area contributed by atoms with Gasteiger partial charge in [0.1, 0.15) is 0 Å². The zero-order valence-corrected chi connectivity index (χ0v) is 6.31. The van der Waals surface area contributed by atoms with E-state index < -0.39 is 11.1 Å². The standard InChI is InChI=1S/C5H9O3P/c1-5(2,9-8)3-4(6)7/h3H2,1-2H3,(H,6,7). The van der Waals surface area contributed by atoms with Crippen LogP contribution in [0.25, 0.3) is 0 Å². The first kappa shape index (κ1) is 8.57. The molecule has 4 heteroatoms. The number of carboxylic acid groups (broad SMARTS) is 1. The Kier molecular flexibility index (Phi) is 2.78. The van der Waals surface area contributed by atoms with Crippen LogP contribution in [0.4, 0.5) is 0 Å². The van der Waals surface area contributed by atoms with E-state index in [1.165, 1.54) is 0 Å². The zero-order valence-electron chi connectivity index (χ0n) is 5.42. The molecular formula is C5H9O3P. The summed E-state index contributed by atoms with van der Waals surface area (Å²) in [7, 11) is -0.114. The van der Waals surface area contributed by atoms with E-state index in [1.807, 2.05) is 0 Å². The van der Waals surface area contributed by atoms with Gasteiger partial charge in [0.2, 0.25) is 0 Å². The van der Waals surface area contributed by atoms with Gasteiger partial charge in [-0.1, -0.05) is 0 Å². The van der Waals surface area contributed by atoms with Crippen LogP contribution in [0.1, 0.15) is 20.3 Å². The van der Waals surface area contributed by atoms with E-state index in [0.29, 0.717) is 0 Å². The van der Waals surface area contributed by atoms with Gasteiger partial charge in [-0.3, -0.25) is 9.36 Å². The van der Waals surface area contributed by atoms with Gasteiger partial charge in [-0.2, -0.15) is 0 Å². The van der Waals surface area contributed by atoms with Crippen LogP contribution in [0.2, 0.25) is 0 Å². The highest BCUT2D eigenvalue weighted by molar-refractivity contribution is 7.26. The van der Waals surface area contributed by atoms with Crippen molar-refractivity contribution in [1.82, 2.24) is 0 Å². The molecule has 0 atom stereocenters. The monoisotopic (exact) mass is 148 g/mol. The summed E-state index contributed by atoms with van der Waals surface area (Å²) in [6, 6.07) is 0. The molecule has 1 N–H and O–H groups in total. The summed E-state index contributed by atoms with van der Waals surface area (Å²) in [6.07, 6.45) is -0.0575. The average molecular weight is 148 g/mol. The van der Waals surface area contributed by atoms with E-state index in [2.05, 4.69) is 0 Å². The Bertz CT molecular complexity index is 130. The Labute approximate surface area is 55.3 Å². The lowest BCUT2D eigenvalue weighted by atomic mass is 10.1. The van der Waals surface area contributed by atoms with E-state index in [0.717, 1.165) is 0 Å². The quantitative estimate of drug-likeness (QED) is 0.617. The van der Waals surface area contributed by atoms with Gasteiger partial charge in [-0.25, -0.2) is 0 Å². The van der Waals surface area contributed by atoms with Crippen molar-refractivity contribution in [2.45, 2.75) is 25.4 Å². The number of carboxylic acids is 1. The van der Waals surface area contributed by atoms with Crippen molar-refractivity contribution in [1.29, 1.82) is 0 Å². The van der Waals surface area contributed by atoms with Crippen LogP contribution >= 0.6 is 8.46 Å². The molecule has 0 aromatic carbocycles.